The fourth-order valence-corrected chi connectivity index (χ4v) is 3.30. The zero-order chi connectivity index (χ0) is 18.4. The molecule has 1 aliphatic rings. The fourth-order valence-electron chi connectivity index (χ4n) is 3.30. The first-order chi connectivity index (χ1) is 12.6. The highest BCUT2D eigenvalue weighted by Gasteiger charge is 2.32. The molecule has 1 saturated heterocycles. The summed E-state index contributed by atoms with van der Waals surface area (Å²) in [6.07, 6.45) is 3.48. The van der Waals surface area contributed by atoms with Crippen LogP contribution in [-0.4, -0.2) is 54.3 Å². The first-order valence-electron chi connectivity index (χ1n) is 8.73. The van der Waals surface area contributed by atoms with Crippen LogP contribution in [0.25, 0.3) is 0 Å². The number of carbonyl (C=O) groups is 1. The quantitative estimate of drug-likeness (QED) is 0.775. The predicted octanol–water partition coefficient (Wildman–Crippen LogP) is 1.21. The number of amides is 1. The standard InChI is InChI=1S/C18H24FN5O2/c1-26-13-18(5-7-20-8-6-18)12-21-17(25)16-11-24(23-22-16)10-14-3-2-4-15(19)9-14/h2-4,9,11,20H,5-8,10,12-13H2,1H3,(H,21,25). The minimum Gasteiger partial charge on any atom is -0.384 e. The monoisotopic (exact) mass is 361 g/mol. The van der Waals surface area contributed by atoms with Gasteiger partial charge in [0.2, 0.25) is 0 Å². The average molecular weight is 361 g/mol. The maximum atomic E-state index is 13.3. The van der Waals surface area contributed by atoms with E-state index >= 15 is 0 Å². The largest absolute Gasteiger partial charge is 0.384 e. The van der Waals surface area contributed by atoms with Crippen LogP contribution in [0.5, 0.6) is 0 Å². The van der Waals surface area contributed by atoms with Gasteiger partial charge in [0.1, 0.15) is 5.82 Å². The summed E-state index contributed by atoms with van der Waals surface area (Å²) in [6.45, 7) is 3.35. The number of hydrogen-bond donors (Lipinski definition) is 2. The van der Waals surface area contributed by atoms with Crippen molar-refractivity contribution in [3.05, 3.63) is 47.5 Å². The minimum absolute atomic E-state index is 0.0484. The van der Waals surface area contributed by atoms with Crippen molar-refractivity contribution in [3.63, 3.8) is 0 Å². The number of nitrogens with zero attached hydrogens (tertiary/aromatic N) is 3. The van der Waals surface area contributed by atoms with Crippen LogP contribution in [0.1, 0.15) is 28.9 Å². The van der Waals surface area contributed by atoms with Gasteiger partial charge < -0.3 is 15.4 Å². The normalized spacial score (nSPS) is 16.4. The van der Waals surface area contributed by atoms with Gasteiger partial charge in [0.05, 0.1) is 19.3 Å². The number of carbonyl (C=O) groups excluding carboxylic acids is 1. The Morgan fingerprint density at radius 1 is 1.42 bits per heavy atom. The number of benzene rings is 1. The summed E-state index contributed by atoms with van der Waals surface area (Å²) in [5.41, 5.74) is 0.964. The van der Waals surface area contributed by atoms with Crippen LogP contribution in [0.15, 0.2) is 30.5 Å². The van der Waals surface area contributed by atoms with Crippen molar-refractivity contribution >= 4 is 5.91 Å². The third-order valence-electron chi connectivity index (χ3n) is 4.74. The molecule has 2 heterocycles. The number of nitrogens with one attached hydrogen (secondary N) is 2. The Morgan fingerprint density at radius 2 is 2.23 bits per heavy atom. The van der Waals surface area contributed by atoms with E-state index in [1.165, 1.54) is 16.8 Å². The molecule has 7 nitrogen and oxygen atoms in total. The molecule has 1 aliphatic heterocycles. The summed E-state index contributed by atoms with van der Waals surface area (Å²) in [5.74, 6) is -0.560. The molecule has 1 fully saturated rings. The summed E-state index contributed by atoms with van der Waals surface area (Å²) in [4.78, 5) is 12.4. The van der Waals surface area contributed by atoms with Gasteiger partial charge in [-0.25, -0.2) is 9.07 Å². The van der Waals surface area contributed by atoms with Crippen LogP contribution in [0.3, 0.4) is 0 Å². The first-order valence-corrected chi connectivity index (χ1v) is 8.73. The third kappa shape index (κ3) is 4.64. The van der Waals surface area contributed by atoms with Crippen molar-refractivity contribution in [2.45, 2.75) is 19.4 Å². The molecule has 8 heteroatoms. The lowest BCUT2D eigenvalue weighted by molar-refractivity contribution is 0.0510. The van der Waals surface area contributed by atoms with Crippen molar-refractivity contribution in [2.24, 2.45) is 5.41 Å². The van der Waals surface area contributed by atoms with Crippen LogP contribution < -0.4 is 10.6 Å². The van der Waals surface area contributed by atoms with E-state index in [2.05, 4.69) is 20.9 Å². The molecule has 0 saturated carbocycles. The van der Waals surface area contributed by atoms with E-state index in [0.717, 1.165) is 31.5 Å². The summed E-state index contributed by atoms with van der Waals surface area (Å²) >= 11 is 0. The molecule has 0 spiro atoms. The van der Waals surface area contributed by atoms with E-state index in [9.17, 15) is 9.18 Å². The van der Waals surface area contributed by atoms with Gasteiger partial charge in [-0.05, 0) is 43.6 Å². The number of aromatic nitrogens is 3. The lowest BCUT2D eigenvalue weighted by atomic mass is 9.79. The highest BCUT2D eigenvalue weighted by molar-refractivity contribution is 5.91. The zero-order valence-electron chi connectivity index (χ0n) is 14.9. The Hall–Kier alpha value is -2.32. The van der Waals surface area contributed by atoms with Gasteiger partial charge in [-0.1, -0.05) is 17.3 Å². The van der Waals surface area contributed by atoms with Crippen molar-refractivity contribution in [2.75, 3.05) is 33.4 Å². The second-order valence-corrected chi connectivity index (χ2v) is 6.80. The van der Waals surface area contributed by atoms with E-state index in [4.69, 9.17) is 4.74 Å². The van der Waals surface area contributed by atoms with Gasteiger partial charge >= 0.3 is 0 Å². The Morgan fingerprint density at radius 3 is 2.96 bits per heavy atom. The van der Waals surface area contributed by atoms with Gasteiger partial charge in [0, 0.05) is 19.1 Å². The van der Waals surface area contributed by atoms with Crippen LogP contribution in [0.4, 0.5) is 4.39 Å². The smallest absolute Gasteiger partial charge is 0.273 e. The number of hydrogen-bond acceptors (Lipinski definition) is 5. The van der Waals surface area contributed by atoms with Crippen molar-refractivity contribution < 1.29 is 13.9 Å². The lowest BCUT2D eigenvalue weighted by Gasteiger charge is -2.37. The number of methoxy groups -OCH3 is 1. The van der Waals surface area contributed by atoms with Gasteiger partial charge in [-0.3, -0.25) is 4.79 Å². The third-order valence-corrected chi connectivity index (χ3v) is 4.74. The topological polar surface area (TPSA) is 81.1 Å². The average Bonchev–Trinajstić information content (AvgIpc) is 3.09. The van der Waals surface area contributed by atoms with Crippen LogP contribution >= 0.6 is 0 Å². The summed E-state index contributed by atoms with van der Waals surface area (Å²) in [7, 11) is 1.68. The second kappa shape index (κ2) is 8.37. The molecule has 1 aromatic carbocycles. The van der Waals surface area contributed by atoms with Gasteiger partial charge in [0.25, 0.3) is 5.91 Å². The van der Waals surface area contributed by atoms with Crippen LogP contribution in [0, 0.1) is 11.2 Å². The second-order valence-electron chi connectivity index (χ2n) is 6.80. The Bertz CT molecular complexity index is 737. The number of halogens is 1. The molecule has 0 unspecified atom stereocenters. The molecule has 2 aromatic rings. The highest BCUT2D eigenvalue weighted by atomic mass is 19.1. The molecule has 0 radical (unpaired) electrons. The molecule has 2 N–H and O–H groups in total. The van der Waals surface area contributed by atoms with E-state index in [1.54, 1.807) is 25.4 Å². The molecule has 140 valence electrons. The zero-order valence-corrected chi connectivity index (χ0v) is 14.9. The molecule has 0 atom stereocenters. The molecular formula is C18H24FN5O2. The fraction of sp³-hybridized carbons (Fsp3) is 0.500. The Balaban J connectivity index is 1.59. The summed E-state index contributed by atoms with van der Waals surface area (Å²) in [6, 6.07) is 6.27. The van der Waals surface area contributed by atoms with Gasteiger partial charge in [-0.2, -0.15) is 0 Å². The minimum atomic E-state index is -0.300. The van der Waals surface area contributed by atoms with E-state index in [-0.39, 0.29) is 22.8 Å². The molecular weight excluding hydrogens is 337 g/mol. The Labute approximate surface area is 151 Å². The molecule has 0 bridgehead atoms. The Kier molecular flexibility index (Phi) is 5.95. The molecule has 1 amide bonds. The highest BCUT2D eigenvalue weighted by Crippen LogP contribution is 2.28. The summed E-state index contributed by atoms with van der Waals surface area (Å²) < 4.78 is 20.1. The molecule has 26 heavy (non-hydrogen) atoms. The first kappa shape index (κ1) is 18.5. The molecule has 1 aromatic heterocycles. The number of ether oxygens (including phenoxy) is 1. The van der Waals surface area contributed by atoms with Crippen LogP contribution in [0.2, 0.25) is 0 Å². The SMILES string of the molecule is COCC1(CNC(=O)c2cn(Cc3cccc(F)c3)nn2)CCNCC1. The predicted molar refractivity (Wildman–Crippen MR) is 94.3 cm³/mol. The van der Waals surface area contributed by atoms with E-state index in [1.807, 2.05) is 0 Å². The van der Waals surface area contributed by atoms with Crippen molar-refractivity contribution in [3.8, 4) is 0 Å². The van der Waals surface area contributed by atoms with E-state index in [0.29, 0.717) is 19.7 Å². The maximum Gasteiger partial charge on any atom is 0.273 e. The van der Waals surface area contributed by atoms with Crippen molar-refractivity contribution in [1.82, 2.24) is 25.6 Å². The van der Waals surface area contributed by atoms with Crippen molar-refractivity contribution in [1.29, 1.82) is 0 Å². The van der Waals surface area contributed by atoms with Gasteiger partial charge in [0.15, 0.2) is 5.69 Å². The number of piperidine rings is 1. The molecule has 3 rings (SSSR count). The maximum absolute atomic E-state index is 13.3. The summed E-state index contributed by atoms with van der Waals surface area (Å²) in [5, 5.41) is 14.2. The van der Waals surface area contributed by atoms with E-state index < -0.39 is 0 Å². The number of rotatable bonds is 7. The lowest BCUT2D eigenvalue weighted by Crippen LogP contribution is -2.47. The van der Waals surface area contributed by atoms with Crippen LogP contribution in [-0.2, 0) is 11.3 Å². The molecule has 0 aliphatic carbocycles. The van der Waals surface area contributed by atoms with Gasteiger partial charge in [-0.15, -0.1) is 5.10 Å².